The summed E-state index contributed by atoms with van der Waals surface area (Å²) in [4.78, 5) is 11.3. The molecule has 1 amide bonds. The van der Waals surface area contributed by atoms with Crippen molar-refractivity contribution in [3.05, 3.63) is 35.4 Å². The average molecular weight is 255 g/mol. The van der Waals surface area contributed by atoms with Crippen LogP contribution in [-0.4, -0.2) is 26.6 Å². The van der Waals surface area contributed by atoms with Gasteiger partial charge in [0.25, 0.3) is 0 Å². The van der Waals surface area contributed by atoms with Crippen molar-refractivity contribution >= 4 is 15.7 Å². The molecule has 0 spiro atoms. The monoisotopic (exact) mass is 255 g/mol. The van der Waals surface area contributed by atoms with Gasteiger partial charge < -0.3 is 5.32 Å². The van der Waals surface area contributed by atoms with E-state index in [1.807, 2.05) is 25.1 Å². The van der Waals surface area contributed by atoms with Crippen LogP contribution in [0.1, 0.15) is 18.1 Å². The fourth-order valence-corrected chi connectivity index (χ4v) is 2.86. The van der Waals surface area contributed by atoms with Crippen molar-refractivity contribution in [2.75, 3.05) is 7.05 Å². The second kappa shape index (κ2) is 5.31. The highest BCUT2D eigenvalue weighted by molar-refractivity contribution is 7.92. The standard InChI is InChI=1S/C12H17NO3S/c1-9-5-4-6-11(7-9)8-17(15,16)10(2)12(14)13-3/h4-7,10H,8H2,1-3H3,(H,13,14)/t10-/m0/s1. The van der Waals surface area contributed by atoms with Gasteiger partial charge in [-0.1, -0.05) is 29.8 Å². The average Bonchev–Trinajstić information content (AvgIpc) is 2.26. The zero-order valence-electron chi connectivity index (χ0n) is 10.2. The minimum Gasteiger partial charge on any atom is -0.358 e. The molecule has 5 heteroatoms. The lowest BCUT2D eigenvalue weighted by atomic mass is 10.2. The molecular weight excluding hydrogens is 238 g/mol. The number of amides is 1. The Hall–Kier alpha value is -1.36. The molecule has 0 bridgehead atoms. The number of carbonyl (C=O) groups excluding carboxylic acids is 1. The van der Waals surface area contributed by atoms with E-state index in [0.29, 0.717) is 5.56 Å². The largest absolute Gasteiger partial charge is 0.358 e. The third-order valence-corrected chi connectivity index (χ3v) is 4.63. The first-order valence-electron chi connectivity index (χ1n) is 5.35. The highest BCUT2D eigenvalue weighted by atomic mass is 32.2. The van der Waals surface area contributed by atoms with Gasteiger partial charge in [-0.3, -0.25) is 4.79 Å². The summed E-state index contributed by atoms with van der Waals surface area (Å²) in [5, 5.41) is 1.33. The zero-order chi connectivity index (χ0) is 13.1. The van der Waals surface area contributed by atoms with Gasteiger partial charge in [-0.2, -0.15) is 0 Å². The van der Waals surface area contributed by atoms with Gasteiger partial charge in [0.15, 0.2) is 9.84 Å². The maximum atomic E-state index is 12.0. The number of hydrogen-bond donors (Lipinski definition) is 1. The first-order chi connectivity index (χ1) is 7.86. The van der Waals surface area contributed by atoms with Crippen LogP contribution in [0.3, 0.4) is 0 Å². The number of sulfone groups is 1. The van der Waals surface area contributed by atoms with Gasteiger partial charge >= 0.3 is 0 Å². The molecule has 0 saturated heterocycles. The van der Waals surface area contributed by atoms with Crippen molar-refractivity contribution in [1.29, 1.82) is 0 Å². The van der Waals surface area contributed by atoms with Crippen molar-refractivity contribution in [1.82, 2.24) is 5.32 Å². The van der Waals surface area contributed by atoms with Crippen LogP contribution in [0.15, 0.2) is 24.3 Å². The number of nitrogens with one attached hydrogen (secondary N) is 1. The number of aryl methyl sites for hydroxylation is 1. The van der Waals surface area contributed by atoms with E-state index in [0.717, 1.165) is 5.56 Å². The van der Waals surface area contributed by atoms with Crippen LogP contribution < -0.4 is 5.32 Å². The smallest absolute Gasteiger partial charge is 0.237 e. The molecule has 0 radical (unpaired) electrons. The van der Waals surface area contributed by atoms with E-state index in [1.165, 1.54) is 14.0 Å². The van der Waals surface area contributed by atoms with Gasteiger partial charge in [0.1, 0.15) is 5.25 Å². The first-order valence-corrected chi connectivity index (χ1v) is 7.07. The van der Waals surface area contributed by atoms with Crippen LogP contribution in [0, 0.1) is 6.92 Å². The molecule has 94 valence electrons. The molecule has 0 aromatic heterocycles. The summed E-state index contributed by atoms with van der Waals surface area (Å²) >= 11 is 0. The van der Waals surface area contributed by atoms with Crippen LogP contribution in [0.25, 0.3) is 0 Å². The number of carbonyl (C=O) groups is 1. The maximum absolute atomic E-state index is 12.0. The molecular formula is C12H17NO3S. The summed E-state index contributed by atoms with van der Waals surface area (Å²) in [6, 6.07) is 7.28. The van der Waals surface area contributed by atoms with Gasteiger partial charge in [0.05, 0.1) is 5.75 Å². The lowest BCUT2D eigenvalue weighted by Gasteiger charge is -2.11. The predicted molar refractivity (Wildman–Crippen MR) is 67.3 cm³/mol. The first kappa shape index (κ1) is 13.7. The summed E-state index contributed by atoms with van der Waals surface area (Å²) in [5.41, 5.74) is 1.71. The molecule has 4 nitrogen and oxygen atoms in total. The summed E-state index contributed by atoms with van der Waals surface area (Å²) in [7, 11) is -2.02. The molecule has 17 heavy (non-hydrogen) atoms. The lowest BCUT2D eigenvalue weighted by Crippen LogP contribution is -2.36. The molecule has 0 unspecified atom stereocenters. The third kappa shape index (κ3) is 3.56. The zero-order valence-corrected chi connectivity index (χ0v) is 11.0. The Bertz CT molecular complexity index is 508. The number of rotatable bonds is 4. The van der Waals surface area contributed by atoms with Crippen LogP contribution in [0.2, 0.25) is 0 Å². The Labute approximate surface area is 102 Å². The second-order valence-electron chi connectivity index (χ2n) is 4.05. The van der Waals surface area contributed by atoms with E-state index in [4.69, 9.17) is 0 Å². The Morgan fingerprint density at radius 1 is 1.41 bits per heavy atom. The molecule has 1 atom stereocenters. The Kier molecular flexibility index (Phi) is 4.28. The molecule has 1 rings (SSSR count). The van der Waals surface area contributed by atoms with Gasteiger partial charge in [-0.25, -0.2) is 8.42 Å². The van der Waals surface area contributed by atoms with E-state index >= 15 is 0 Å². The van der Waals surface area contributed by atoms with E-state index < -0.39 is 21.0 Å². The Balaban J connectivity index is 2.90. The van der Waals surface area contributed by atoms with Crippen LogP contribution in [0.5, 0.6) is 0 Å². The van der Waals surface area contributed by atoms with E-state index in [2.05, 4.69) is 5.32 Å². The van der Waals surface area contributed by atoms with Crippen LogP contribution >= 0.6 is 0 Å². The summed E-state index contributed by atoms with van der Waals surface area (Å²) < 4.78 is 23.9. The highest BCUT2D eigenvalue weighted by Crippen LogP contribution is 2.12. The van der Waals surface area contributed by atoms with Gasteiger partial charge in [-0.05, 0) is 19.4 Å². The molecule has 1 N–H and O–H groups in total. The van der Waals surface area contributed by atoms with Gasteiger partial charge in [0.2, 0.25) is 5.91 Å². The van der Waals surface area contributed by atoms with Gasteiger partial charge in [0, 0.05) is 7.05 Å². The van der Waals surface area contributed by atoms with Crippen molar-refractivity contribution in [3.63, 3.8) is 0 Å². The second-order valence-corrected chi connectivity index (χ2v) is 6.37. The Morgan fingerprint density at radius 3 is 2.59 bits per heavy atom. The number of benzene rings is 1. The highest BCUT2D eigenvalue weighted by Gasteiger charge is 2.27. The molecule has 0 fully saturated rings. The summed E-state index contributed by atoms with van der Waals surface area (Å²) in [6.07, 6.45) is 0. The van der Waals surface area contributed by atoms with E-state index in [-0.39, 0.29) is 5.75 Å². The maximum Gasteiger partial charge on any atom is 0.237 e. The van der Waals surface area contributed by atoms with E-state index in [1.54, 1.807) is 6.07 Å². The molecule has 0 aliphatic rings. The molecule has 0 aliphatic carbocycles. The topological polar surface area (TPSA) is 63.2 Å². The normalized spacial score (nSPS) is 13.1. The molecule has 1 aromatic carbocycles. The minimum absolute atomic E-state index is 0.108. The molecule has 1 aromatic rings. The predicted octanol–water partition coefficient (Wildman–Crippen LogP) is 1.04. The van der Waals surface area contributed by atoms with Crippen molar-refractivity contribution in [2.45, 2.75) is 24.9 Å². The Morgan fingerprint density at radius 2 is 2.06 bits per heavy atom. The van der Waals surface area contributed by atoms with Crippen molar-refractivity contribution < 1.29 is 13.2 Å². The van der Waals surface area contributed by atoms with Crippen molar-refractivity contribution in [3.8, 4) is 0 Å². The van der Waals surface area contributed by atoms with Gasteiger partial charge in [-0.15, -0.1) is 0 Å². The molecule has 0 saturated carbocycles. The van der Waals surface area contributed by atoms with Crippen LogP contribution in [-0.2, 0) is 20.4 Å². The SMILES string of the molecule is CNC(=O)[C@H](C)S(=O)(=O)Cc1cccc(C)c1. The van der Waals surface area contributed by atoms with Crippen molar-refractivity contribution in [2.24, 2.45) is 0 Å². The quantitative estimate of drug-likeness (QED) is 0.874. The summed E-state index contributed by atoms with van der Waals surface area (Å²) in [6.45, 7) is 3.31. The third-order valence-electron chi connectivity index (χ3n) is 2.60. The molecule has 0 heterocycles. The number of hydrogen-bond acceptors (Lipinski definition) is 3. The minimum atomic E-state index is -3.45. The molecule has 0 aliphatic heterocycles. The fraction of sp³-hybridized carbons (Fsp3) is 0.417. The van der Waals surface area contributed by atoms with E-state index in [9.17, 15) is 13.2 Å². The fourth-order valence-electron chi connectivity index (χ4n) is 1.53. The van der Waals surface area contributed by atoms with Crippen LogP contribution in [0.4, 0.5) is 0 Å². The summed E-state index contributed by atoms with van der Waals surface area (Å²) in [5.74, 6) is -0.582. The lowest BCUT2D eigenvalue weighted by molar-refractivity contribution is -0.119.